The first kappa shape index (κ1) is 17.4. The van der Waals surface area contributed by atoms with Crippen LogP contribution in [-0.2, 0) is 11.3 Å². The number of alkyl halides is 3. The monoisotopic (exact) mass is 344 g/mol. The van der Waals surface area contributed by atoms with E-state index < -0.39 is 17.8 Å². The summed E-state index contributed by atoms with van der Waals surface area (Å²) in [6.07, 6.45) is -2.67. The number of carbonyl (C=O) groups excluding carboxylic acids is 1. The summed E-state index contributed by atoms with van der Waals surface area (Å²) in [5.74, 6) is -1.18. The predicted octanol–water partition coefficient (Wildman–Crippen LogP) is 2.41. The minimum absolute atomic E-state index is 0.127. The maximum atomic E-state index is 12.2. The third kappa shape index (κ3) is 5.31. The first-order valence-corrected chi connectivity index (χ1v) is 8.02. The third-order valence-corrected chi connectivity index (χ3v) is 4.06. The van der Waals surface area contributed by atoms with Crippen molar-refractivity contribution in [1.82, 2.24) is 9.88 Å². The van der Waals surface area contributed by atoms with Crippen molar-refractivity contribution in [2.75, 3.05) is 18.1 Å². The molecule has 124 valence electrons. The van der Waals surface area contributed by atoms with Crippen LogP contribution in [0.5, 0.6) is 0 Å². The van der Waals surface area contributed by atoms with Crippen LogP contribution >= 0.6 is 11.8 Å². The van der Waals surface area contributed by atoms with Gasteiger partial charge in [0.25, 0.3) is 5.56 Å². The van der Waals surface area contributed by atoms with Crippen LogP contribution in [0, 0.1) is 0 Å². The number of pyridine rings is 1. The van der Waals surface area contributed by atoms with Crippen molar-refractivity contribution in [2.24, 2.45) is 0 Å². The Kier molecular flexibility index (Phi) is 5.70. The summed E-state index contributed by atoms with van der Waals surface area (Å²) in [5.41, 5.74) is -0.273. The lowest BCUT2D eigenvalue weighted by atomic mass is 10.2. The molecule has 4 nitrogen and oxygen atoms in total. The molecular weight excluding hydrogens is 329 g/mol. The molecule has 0 unspecified atom stereocenters. The number of hydrogen-bond donors (Lipinski definition) is 1. The summed E-state index contributed by atoms with van der Waals surface area (Å²) >= 11 is 0.705. The van der Waals surface area contributed by atoms with Gasteiger partial charge in [-0.05, 0) is 17.5 Å². The van der Waals surface area contributed by atoms with E-state index in [0.29, 0.717) is 17.1 Å². The Bertz CT molecular complexity index is 743. The maximum Gasteiger partial charge on any atom is 0.397 e. The number of rotatable bonds is 6. The molecule has 0 aliphatic heterocycles. The largest absolute Gasteiger partial charge is 0.397 e. The highest BCUT2D eigenvalue weighted by molar-refractivity contribution is 7.99. The number of hydrogen-bond acceptors (Lipinski definition) is 3. The zero-order chi connectivity index (χ0) is 16.9. The van der Waals surface area contributed by atoms with E-state index >= 15 is 0 Å². The Morgan fingerprint density at radius 3 is 2.70 bits per heavy atom. The molecule has 1 heterocycles. The highest BCUT2D eigenvalue weighted by atomic mass is 32.2. The van der Waals surface area contributed by atoms with Gasteiger partial charge in [0.1, 0.15) is 6.54 Å². The molecule has 8 heteroatoms. The number of amides is 1. The lowest BCUT2D eigenvalue weighted by Gasteiger charge is -2.09. The first-order valence-electron chi connectivity index (χ1n) is 6.86. The van der Waals surface area contributed by atoms with Gasteiger partial charge in [-0.2, -0.15) is 24.9 Å². The standard InChI is InChI=1S/C15H15F3N2O2S/c16-15(17,18)10-23-8-6-19-13(21)9-20-7-5-11-3-1-2-4-12(11)14(20)22/h1-5,7H,6,8-10H2,(H,19,21). The minimum Gasteiger partial charge on any atom is -0.354 e. The van der Waals surface area contributed by atoms with Crippen molar-refractivity contribution in [3.05, 3.63) is 46.9 Å². The van der Waals surface area contributed by atoms with E-state index in [4.69, 9.17) is 0 Å². The topological polar surface area (TPSA) is 51.1 Å². The van der Waals surface area contributed by atoms with Crippen molar-refractivity contribution in [3.63, 3.8) is 0 Å². The van der Waals surface area contributed by atoms with Crippen molar-refractivity contribution in [2.45, 2.75) is 12.7 Å². The Hall–Kier alpha value is -1.96. The van der Waals surface area contributed by atoms with Gasteiger partial charge in [0.2, 0.25) is 5.91 Å². The quantitative estimate of drug-likeness (QED) is 0.819. The van der Waals surface area contributed by atoms with Gasteiger partial charge in [0.05, 0.1) is 5.75 Å². The molecule has 1 N–H and O–H groups in total. The van der Waals surface area contributed by atoms with Gasteiger partial charge in [0.15, 0.2) is 0 Å². The molecule has 0 spiro atoms. The Morgan fingerprint density at radius 2 is 1.96 bits per heavy atom. The van der Waals surface area contributed by atoms with Crippen LogP contribution in [0.25, 0.3) is 10.8 Å². The highest BCUT2D eigenvalue weighted by Gasteiger charge is 2.26. The van der Waals surface area contributed by atoms with Gasteiger partial charge in [-0.1, -0.05) is 18.2 Å². The fourth-order valence-corrected chi connectivity index (χ4v) is 2.64. The number of carbonyl (C=O) groups is 1. The summed E-state index contributed by atoms with van der Waals surface area (Å²) in [4.78, 5) is 24.0. The minimum atomic E-state index is -4.20. The van der Waals surface area contributed by atoms with Gasteiger partial charge in [-0.3, -0.25) is 9.59 Å². The van der Waals surface area contributed by atoms with Crippen molar-refractivity contribution in [1.29, 1.82) is 0 Å². The van der Waals surface area contributed by atoms with E-state index in [1.165, 1.54) is 10.8 Å². The van der Waals surface area contributed by atoms with E-state index in [1.54, 1.807) is 24.3 Å². The zero-order valence-electron chi connectivity index (χ0n) is 12.1. The number of fused-ring (bicyclic) bond motifs is 1. The number of benzene rings is 1. The SMILES string of the molecule is O=C(Cn1ccc2ccccc2c1=O)NCCSCC(F)(F)F. The van der Waals surface area contributed by atoms with Gasteiger partial charge in [0, 0.05) is 23.9 Å². The van der Waals surface area contributed by atoms with Gasteiger partial charge < -0.3 is 9.88 Å². The maximum absolute atomic E-state index is 12.2. The first-order chi connectivity index (χ1) is 10.9. The number of halogens is 3. The summed E-state index contributed by atoms with van der Waals surface area (Å²) in [6.45, 7) is -0.0322. The molecule has 0 bridgehead atoms. The molecule has 0 aliphatic carbocycles. The molecule has 0 aliphatic rings. The van der Waals surface area contributed by atoms with Crippen LogP contribution in [0.2, 0.25) is 0 Å². The average molecular weight is 344 g/mol. The number of thioether (sulfide) groups is 1. The van der Waals surface area contributed by atoms with Gasteiger partial charge >= 0.3 is 6.18 Å². The summed E-state index contributed by atoms with van der Waals surface area (Å²) in [5, 5.41) is 3.81. The van der Waals surface area contributed by atoms with Crippen molar-refractivity contribution < 1.29 is 18.0 Å². The van der Waals surface area contributed by atoms with Crippen LogP contribution in [0.3, 0.4) is 0 Å². The Morgan fingerprint density at radius 1 is 1.22 bits per heavy atom. The fraction of sp³-hybridized carbons (Fsp3) is 0.333. The second kappa shape index (κ2) is 7.54. The second-order valence-corrected chi connectivity index (χ2v) is 5.96. The fourth-order valence-electron chi connectivity index (χ4n) is 2.02. The lowest BCUT2D eigenvalue weighted by molar-refractivity contribution is -0.121. The molecule has 0 saturated carbocycles. The molecule has 23 heavy (non-hydrogen) atoms. The van der Waals surface area contributed by atoms with Crippen LogP contribution < -0.4 is 10.9 Å². The zero-order valence-corrected chi connectivity index (χ0v) is 12.9. The molecule has 1 aromatic heterocycles. The molecule has 1 aromatic carbocycles. The molecule has 1 amide bonds. The lowest BCUT2D eigenvalue weighted by Crippen LogP contribution is -2.33. The summed E-state index contributed by atoms with van der Waals surface area (Å²) < 4.78 is 37.1. The third-order valence-electron chi connectivity index (χ3n) is 3.03. The molecular formula is C15H15F3N2O2S. The molecule has 0 radical (unpaired) electrons. The van der Waals surface area contributed by atoms with Crippen molar-refractivity contribution in [3.8, 4) is 0 Å². The van der Waals surface area contributed by atoms with E-state index in [-0.39, 0.29) is 24.4 Å². The van der Waals surface area contributed by atoms with E-state index in [2.05, 4.69) is 5.32 Å². The number of nitrogens with zero attached hydrogens (tertiary/aromatic N) is 1. The van der Waals surface area contributed by atoms with Gasteiger partial charge in [-0.25, -0.2) is 0 Å². The Labute approximate surface area is 134 Å². The second-order valence-electron chi connectivity index (χ2n) is 4.85. The van der Waals surface area contributed by atoms with E-state index in [9.17, 15) is 22.8 Å². The van der Waals surface area contributed by atoms with E-state index in [0.717, 1.165) is 5.39 Å². The molecule has 2 rings (SSSR count). The average Bonchev–Trinajstić information content (AvgIpc) is 2.49. The van der Waals surface area contributed by atoms with Crippen LogP contribution in [-0.4, -0.2) is 34.7 Å². The van der Waals surface area contributed by atoms with Crippen LogP contribution in [0.1, 0.15) is 0 Å². The molecule has 0 atom stereocenters. The van der Waals surface area contributed by atoms with E-state index in [1.807, 2.05) is 6.07 Å². The van der Waals surface area contributed by atoms with Crippen LogP contribution in [0.15, 0.2) is 41.3 Å². The predicted molar refractivity (Wildman–Crippen MR) is 84.6 cm³/mol. The number of aromatic nitrogens is 1. The smallest absolute Gasteiger partial charge is 0.354 e. The summed E-state index contributed by atoms with van der Waals surface area (Å²) in [6, 6.07) is 8.78. The van der Waals surface area contributed by atoms with Crippen LogP contribution in [0.4, 0.5) is 13.2 Å². The molecule has 0 fully saturated rings. The Balaban J connectivity index is 1.86. The number of nitrogens with one attached hydrogen (secondary N) is 1. The normalized spacial score (nSPS) is 11.6. The summed E-state index contributed by atoms with van der Waals surface area (Å²) in [7, 11) is 0. The van der Waals surface area contributed by atoms with Gasteiger partial charge in [-0.15, -0.1) is 0 Å². The van der Waals surface area contributed by atoms with Crippen molar-refractivity contribution >= 4 is 28.4 Å². The molecule has 2 aromatic rings. The highest BCUT2D eigenvalue weighted by Crippen LogP contribution is 2.20. The molecule has 0 saturated heterocycles.